The zero-order chi connectivity index (χ0) is 26.6. The Bertz CT molecular complexity index is 880. The van der Waals surface area contributed by atoms with E-state index in [2.05, 4.69) is 25.0 Å². The summed E-state index contributed by atoms with van der Waals surface area (Å²) in [6, 6.07) is -0.657. The van der Waals surface area contributed by atoms with Crippen molar-refractivity contribution in [3.8, 4) is 0 Å². The lowest BCUT2D eigenvalue weighted by Gasteiger charge is -2.41. The fourth-order valence-corrected chi connectivity index (χ4v) is 9.05. The summed E-state index contributed by atoms with van der Waals surface area (Å²) in [6.45, 7) is 14.8. The van der Waals surface area contributed by atoms with Crippen LogP contribution in [0.2, 0.25) is 0 Å². The van der Waals surface area contributed by atoms with Crippen molar-refractivity contribution in [2.75, 3.05) is 65.7 Å². The number of nitrogens with zero attached hydrogens (tertiary/aromatic N) is 3. The van der Waals surface area contributed by atoms with Gasteiger partial charge >= 0.3 is 5.97 Å². The van der Waals surface area contributed by atoms with Crippen molar-refractivity contribution < 1.29 is 29.0 Å². The van der Waals surface area contributed by atoms with Gasteiger partial charge in [0.1, 0.15) is 12.6 Å². The van der Waals surface area contributed by atoms with Crippen LogP contribution < -0.4 is 0 Å². The molecule has 0 aromatic rings. The minimum absolute atomic E-state index is 0.0289. The molecule has 10 heteroatoms. The van der Waals surface area contributed by atoms with Crippen molar-refractivity contribution in [3.63, 3.8) is 0 Å². The number of hydrogen-bond donors (Lipinski definition) is 1. The molecule has 206 valence electrons. The molecule has 2 bridgehead atoms. The van der Waals surface area contributed by atoms with Crippen molar-refractivity contribution >= 4 is 29.5 Å². The molecule has 9 nitrogen and oxygen atoms in total. The van der Waals surface area contributed by atoms with Crippen LogP contribution in [0.4, 0.5) is 0 Å². The van der Waals surface area contributed by atoms with E-state index in [0.717, 1.165) is 26.1 Å². The van der Waals surface area contributed by atoms with Crippen molar-refractivity contribution in [2.24, 2.45) is 17.8 Å². The molecule has 6 atom stereocenters. The van der Waals surface area contributed by atoms with Gasteiger partial charge in [-0.3, -0.25) is 19.3 Å². The number of likely N-dealkylation sites (tertiary alicyclic amines) is 1. The number of morpholine rings is 1. The van der Waals surface area contributed by atoms with E-state index in [-0.39, 0.29) is 42.2 Å². The first-order valence-corrected chi connectivity index (χ1v) is 14.3. The molecular formula is C27H41N3O6S. The molecule has 2 amide bonds. The maximum absolute atomic E-state index is 14.4. The van der Waals surface area contributed by atoms with Crippen LogP contribution in [0.5, 0.6) is 0 Å². The van der Waals surface area contributed by atoms with Crippen LogP contribution in [-0.2, 0) is 23.9 Å². The number of aliphatic hydroxyl groups excluding tert-OH is 1. The minimum Gasteiger partial charge on any atom is -0.461 e. The molecule has 0 saturated carbocycles. The maximum atomic E-state index is 14.4. The fourth-order valence-electron chi connectivity index (χ4n) is 6.65. The Morgan fingerprint density at radius 3 is 2.68 bits per heavy atom. The van der Waals surface area contributed by atoms with Gasteiger partial charge in [0, 0.05) is 51.1 Å². The summed E-state index contributed by atoms with van der Waals surface area (Å²) in [5.41, 5.74) is 0. The topological polar surface area (TPSA) is 99.6 Å². The van der Waals surface area contributed by atoms with Gasteiger partial charge in [0.25, 0.3) is 0 Å². The molecular weight excluding hydrogens is 494 g/mol. The number of esters is 1. The normalized spacial score (nSPS) is 32.9. The first kappa shape index (κ1) is 28.1. The van der Waals surface area contributed by atoms with E-state index < -0.39 is 22.6 Å². The van der Waals surface area contributed by atoms with Crippen molar-refractivity contribution in [3.05, 3.63) is 25.3 Å². The SMILES string of the molecule is C=CCOC(=O)[C@@H]1[C@H]2C(=O)N(CCCCO)C(C(=O)N(CC=C)CCN3CCOCC3)C23S[C@@H]1CC3C. The second kappa shape index (κ2) is 12.3. The number of aliphatic hydroxyl groups is 1. The first-order chi connectivity index (χ1) is 17.9. The summed E-state index contributed by atoms with van der Waals surface area (Å²) in [7, 11) is 0. The molecule has 0 aromatic heterocycles. The third-order valence-electron chi connectivity index (χ3n) is 8.35. The lowest BCUT2D eigenvalue weighted by molar-refractivity contribution is -0.153. The smallest absolute Gasteiger partial charge is 0.311 e. The van der Waals surface area contributed by atoms with Crippen LogP contribution in [-0.4, -0.2) is 119 Å². The van der Waals surface area contributed by atoms with Gasteiger partial charge in [0.15, 0.2) is 0 Å². The summed E-state index contributed by atoms with van der Waals surface area (Å²) < 4.78 is 10.2. The molecule has 3 unspecified atom stereocenters. The molecule has 0 radical (unpaired) electrons. The van der Waals surface area contributed by atoms with Crippen LogP contribution in [0.3, 0.4) is 0 Å². The quantitative estimate of drug-likeness (QED) is 0.213. The second-order valence-corrected chi connectivity index (χ2v) is 12.0. The Hall–Kier alpha value is -1.88. The van der Waals surface area contributed by atoms with Gasteiger partial charge in [0.2, 0.25) is 11.8 Å². The number of carbonyl (C=O) groups is 3. The van der Waals surface area contributed by atoms with Crippen molar-refractivity contribution in [1.29, 1.82) is 0 Å². The molecule has 4 aliphatic heterocycles. The van der Waals surface area contributed by atoms with Crippen molar-refractivity contribution in [2.45, 2.75) is 42.2 Å². The third-order valence-corrected chi connectivity index (χ3v) is 10.4. The van der Waals surface area contributed by atoms with Crippen LogP contribution in [0.15, 0.2) is 25.3 Å². The third kappa shape index (κ3) is 5.22. The molecule has 1 spiro atoms. The maximum Gasteiger partial charge on any atom is 0.311 e. The van der Waals surface area contributed by atoms with Gasteiger partial charge in [-0.1, -0.05) is 25.7 Å². The fraction of sp³-hybridized carbons (Fsp3) is 0.741. The molecule has 4 fully saturated rings. The molecule has 4 aliphatic rings. The van der Waals surface area contributed by atoms with E-state index >= 15 is 0 Å². The summed E-state index contributed by atoms with van der Waals surface area (Å²) >= 11 is 1.65. The molecule has 0 aliphatic carbocycles. The molecule has 37 heavy (non-hydrogen) atoms. The summed E-state index contributed by atoms with van der Waals surface area (Å²) in [5, 5.41) is 9.32. The van der Waals surface area contributed by atoms with Gasteiger partial charge in [0.05, 0.1) is 29.8 Å². The lowest BCUT2D eigenvalue weighted by atomic mass is 9.66. The van der Waals surface area contributed by atoms with Gasteiger partial charge in [-0.05, 0) is 25.2 Å². The van der Waals surface area contributed by atoms with Crippen LogP contribution >= 0.6 is 11.8 Å². The molecule has 4 saturated heterocycles. The monoisotopic (exact) mass is 535 g/mol. The highest BCUT2D eigenvalue weighted by Crippen LogP contribution is 2.68. The predicted molar refractivity (Wildman–Crippen MR) is 142 cm³/mol. The number of rotatable bonds is 13. The summed E-state index contributed by atoms with van der Waals surface area (Å²) in [5.74, 6) is -1.63. The van der Waals surface area contributed by atoms with E-state index in [1.54, 1.807) is 22.7 Å². The highest BCUT2D eigenvalue weighted by atomic mass is 32.2. The van der Waals surface area contributed by atoms with E-state index in [0.29, 0.717) is 45.7 Å². The van der Waals surface area contributed by atoms with Gasteiger partial charge in [-0.25, -0.2) is 0 Å². The summed E-state index contributed by atoms with van der Waals surface area (Å²) in [4.78, 5) is 47.3. The van der Waals surface area contributed by atoms with Crippen LogP contribution in [0.1, 0.15) is 26.2 Å². The molecule has 4 heterocycles. The summed E-state index contributed by atoms with van der Waals surface area (Å²) in [6.07, 6.45) is 5.18. The highest BCUT2D eigenvalue weighted by Gasteiger charge is 2.76. The van der Waals surface area contributed by atoms with Crippen molar-refractivity contribution in [1.82, 2.24) is 14.7 Å². The Balaban J connectivity index is 1.63. The van der Waals surface area contributed by atoms with E-state index in [1.165, 1.54) is 6.08 Å². The largest absolute Gasteiger partial charge is 0.461 e. The molecule has 1 N–H and O–H groups in total. The number of carbonyl (C=O) groups excluding carboxylic acids is 3. The van der Waals surface area contributed by atoms with Crippen LogP contribution in [0, 0.1) is 17.8 Å². The zero-order valence-electron chi connectivity index (χ0n) is 21.9. The van der Waals surface area contributed by atoms with E-state index in [1.807, 2.05) is 4.90 Å². The molecule has 4 rings (SSSR count). The number of fused-ring (bicyclic) bond motifs is 1. The minimum atomic E-state index is -0.672. The number of amides is 2. The van der Waals surface area contributed by atoms with E-state index in [4.69, 9.17) is 9.47 Å². The number of thioether (sulfide) groups is 1. The lowest BCUT2D eigenvalue weighted by Crippen LogP contribution is -2.58. The Labute approximate surface area is 224 Å². The average Bonchev–Trinajstić information content (AvgIpc) is 3.49. The number of unbranched alkanes of at least 4 members (excludes halogenated alkanes) is 1. The van der Waals surface area contributed by atoms with Gasteiger partial charge in [-0.15, -0.1) is 18.3 Å². The second-order valence-electron chi connectivity index (χ2n) is 10.5. The highest BCUT2D eigenvalue weighted by molar-refractivity contribution is 8.02. The first-order valence-electron chi connectivity index (χ1n) is 13.5. The zero-order valence-corrected chi connectivity index (χ0v) is 22.7. The van der Waals surface area contributed by atoms with Gasteiger partial charge in [-0.2, -0.15) is 0 Å². The Morgan fingerprint density at radius 1 is 1.24 bits per heavy atom. The average molecular weight is 536 g/mol. The van der Waals surface area contributed by atoms with Crippen LogP contribution in [0.25, 0.3) is 0 Å². The predicted octanol–water partition coefficient (Wildman–Crippen LogP) is 1.17. The van der Waals surface area contributed by atoms with Gasteiger partial charge < -0.3 is 24.4 Å². The number of hydrogen-bond acceptors (Lipinski definition) is 8. The number of ether oxygens (including phenoxy) is 2. The molecule has 0 aromatic carbocycles. The Kier molecular flexibility index (Phi) is 9.37. The van der Waals surface area contributed by atoms with E-state index in [9.17, 15) is 19.5 Å². The standard InChI is InChI=1S/C27H41N3O6S/c1-4-8-29(11-10-28-12-16-35-17-13-28)25(33)23-27-19(3)18-20(37-27)21(26(34)36-15-5-2)22(27)24(32)30(23)9-6-7-14-31/h4-5,19-23,31H,1-2,6-18H2,3H3/t19?,20-,21+,22+,23?,27?/m1/s1. The Morgan fingerprint density at radius 2 is 2.00 bits per heavy atom.